The molecular weight excluding hydrogens is 641 g/mol. The molecule has 2 N–H and O–H groups in total. The predicted octanol–water partition coefficient (Wildman–Crippen LogP) is 4.05. The van der Waals surface area contributed by atoms with Gasteiger partial charge in [-0.2, -0.15) is 13.2 Å². The molecule has 1 fully saturated rings. The first-order valence-electron chi connectivity index (χ1n) is 15.4. The highest BCUT2D eigenvalue weighted by Gasteiger charge is 2.35. The fraction of sp³-hybridized carbons (Fsp3) is 0.485. The van der Waals surface area contributed by atoms with Gasteiger partial charge in [-0.05, 0) is 35.6 Å². The maximum Gasteiger partial charge on any atom is 0.508 e. The third-order valence-electron chi connectivity index (χ3n) is 7.38. The minimum Gasteiger partial charge on any atom is -0.432 e. The maximum atomic E-state index is 13.5. The molecule has 262 valence electrons. The van der Waals surface area contributed by atoms with Gasteiger partial charge in [0.05, 0.1) is 77.0 Å². The highest BCUT2D eigenvalue weighted by atomic mass is 19.4. The maximum absolute atomic E-state index is 13.5. The predicted molar refractivity (Wildman–Crippen MR) is 167 cm³/mol. The molecule has 2 heterocycles. The summed E-state index contributed by atoms with van der Waals surface area (Å²) in [6.07, 6.45) is -5.21. The largest absolute Gasteiger partial charge is 0.508 e. The lowest BCUT2D eigenvalue weighted by Gasteiger charge is -2.14. The molecule has 4 rings (SSSR count). The molecule has 0 aliphatic carbocycles. The van der Waals surface area contributed by atoms with E-state index in [-0.39, 0.29) is 42.4 Å². The number of nitrogens with one attached hydrogen (secondary N) is 2. The molecule has 3 aromatic rings. The number of carbonyl (C=O) groups excluding carboxylic acids is 2. The van der Waals surface area contributed by atoms with Crippen LogP contribution in [0.25, 0.3) is 22.0 Å². The Morgan fingerprint density at radius 1 is 0.812 bits per heavy atom. The molecule has 1 saturated heterocycles. The van der Waals surface area contributed by atoms with Crippen LogP contribution in [-0.4, -0.2) is 103 Å². The van der Waals surface area contributed by atoms with E-state index in [4.69, 9.17) is 33.2 Å². The first kappa shape index (κ1) is 36.8. The van der Waals surface area contributed by atoms with Gasteiger partial charge < -0.3 is 43.5 Å². The minimum absolute atomic E-state index is 0.0280. The molecule has 2 atom stereocenters. The first-order chi connectivity index (χ1) is 23.2. The zero-order valence-electron chi connectivity index (χ0n) is 26.5. The van der Waals surface area contributed by atoms with Crippen molar-refractivity contribution in [1.29, 1.82) is 0 Å². The Morgan fingerprint density at radius 3 is 2.08 bits per heavy atom. The van der Waals surface area contributed by atoms with Crippen molar-refractivity contribution >= 4 is 22.8 Å². The van der Waals surface area contributed by atoms with Crippen LogP contribution in [0.2, 0.25) is 0 Å². The van der Waals surface area contributed by atoms with Crippen LogP contribution in [0.1, 0.15) is 23.5 Å². The monoisotopic (exact) mass is 680 g/mol. The van der Waals surface area contributed by atoms with Crippen molar-refractivity contribution in [3.63, 3.8) is 0 Å². The number of hydrogen-bond donors (Lipinski definition) is 2. The van der Waals surface area contributed by atoms with Crippen molar-refractivity contribution in [3.05, 3.63) is 70.0 Å². The number of alkyl halides is 3. The number of halogens is 3. The summed E-state index contributed by atoms with van der Waals surface area (Å²) < 4.78 is 77.0. The highest BCUT2D eigenvalue weighted by molar-refractivity contribution is 5.90. The number of amides is 1. The van der Waals surface area contributed by atoms with Crippen molar-refractivity contribution in [2.24, 2.45) is 0 Å². The van der Waals surface area contributed by atoms with Gasteiger partial charge in [0.25, 0.3) is 5.56 Å². The van der Waals surface area contributed by atoms with Crippen LogP contribution in [-0.2, 0) is 44.1 Å². The van der Waals surface area contributed by atoms with E-state index >= 15 is 0 Å². The van der Waals surface area contributed by atoms with E-state index in [2.05, 4.69) is 10.3 Å². The van der Waals surface area contributed by atoms with Crippen molar-refractivity contribution in [2.75, 3.05) is 79.8 Å². The Balaban J connectivity index is 1.15. The quantitative estimate of drug-likeness (QED) is 0.141. The Kier molecular flexibility index (Phi) is 14.2. The van der Waals surface area contributed by atoms with Crippen molar-refractivity contribution in [2.45, 2.75) is 24.6 Å². The standard InChI is InChI=1S/C33H39F3N2O10/c1-42-8-9-43-10-11-44-12-13-45-14-15-46-16-17-47-32(41)48-21-24-20-27(30(39)37-24)22-6-7-23-19-29(38-31(40)26(23)18-22)25-4-2-3-5-28(25)33(34,35)36/h2-7,18-19,24,27H,8-17,20-21H2,1H3,(H,37,39)(H,38,40)/t24?,27-/m0/s1. The zero-order valence-corrected chi connectivity index (χ0v) is 26.5. The van der Waals surface area contributed by atoms with Gasteiger partial charge in [-0.1, -0.05) is 30.3 Å². The molecule has 1 amide bonds. The Hall–Kier alpha value is -4.02. The molecule has 0 saturated carbocycles. The lowest BCUT2D eigenvalue weighted by Crippen LogP contribution is -2.31. The van der Waals surface area contributed by atoms with Gasteiger partial charge in [0.1, 0.15) is 13.2 Å². The van der Waals surface area contributed by atoms with Crippen LogP contribution in [0.3, 0.4) is 0 Å². The Labute approximate surface area is 274 Å². The fourth-order valence-corrected chi connectivity index (χ4v) is 5.05. The molecule has 0 bridgehead atoms. The van der Waals surface area contributed by atoms with Crippen LogP contribution in [0.5, 0.6) is 0 Å². The average Bonchev–Trinajstić information content (AvgIpc) is 3.45. The van der Waals surface area contributed by atoms with E-state index in [0.29, 0.717) is 70.2 Å². The number of H-pyrrole nitrogens is 1. The topological polar surface area (TPSA) is 144 Å². The number of aromatic amines is 1. The summed E-state index contributed by atoms with van der Waals surface area (Å²) in [4.78, 5) is 40.2. The van der Waals surface area contributed by atoms with Crippen molar-refractivity contribution < 1.29 is 55.9 Å². The zero-order chi connectivity index (χ0) is 34.4. The number of methoxy groups -OCH3 is 1. The first-order valence-corrected chi connectivity index (χ1v) is 15.4. The summed E-state index contributed by atoms with van der Waals surface area (Å²) in [6.45, 7) is 3.52. The van der Waals surface area contributed by atoms with Gasteiger partial charge in [0.15, 0.2) is 0 Å². The highest BCUT2D eigenvalue weighted by Crippen LogP contribution is 2.37. The molecule has 2 aromatic carbocycles. The summed E-state index contributed by atoms with van der Waals surface area (Å²) >= 11 is 0. The van der Waals surface area contributed by atoms with Crippen LogP contribution in [0.4, 0.5) is 18.0 Å². The van der Waals surface area contributed by atoms with Crippen LogP contribution in [0.15, 0.2) is 53.3 Å². The number of rotatable bonds is 19. The Morgan fingerprint density at radius 2 is 1.44 bits per heavy atom. The minimum atomic E-state index is -4.60. The molecule has 1 aliphatic rings. The van der Waals surface area contributed by atoms with Crippen molar-refractivity contribution in [1.82, 2.24) is 10.3 Å². The summed E-state index contributed by atoms with van der Waals surface area (Å²) in [7, 11) is 1.61. The van der Waals surface area contributed by atoms with E-state index in [1.165, 1.54) is 24.3 Å². The molecule has 48 heavy (non-hydrogen) atoms. The number of carbonyl (C=O) groups is 2. The van der Waals surface area contributed by atoms with Crippen LogP contribution in [0, 0.1) is 0 Å². The number of pyridine rings is 1. The van der Waals surface area contributed by atoms with E-state index in [0.717, 1.165) is 6.07 Å². The van der Waals surface area contributed by atoms with E-state index < -0.39 is 35.4 Å². The van der Waals surface area contributed by atoms with E-state index in [9.17, 15) is 27.6 Å². The lowest BCUT2D eigenvalue weighted by atomic mass is 9.93. The van der Waals surface area contributed by atoms with Gasteiger partial charge in [-0.3, -0.25) is 9.59 Å². The molecule has 12 nitrogen and oxygen atoms in total. The molecule has 0 spiro atoms. The normalized spacial score (nSPS) is 16.3. The van der Waals surface area contributed by atoms with E-state index in [1.54, 1.807) is 25.3 Å². The third kappa shape index (κ3) is 11.0. The number of aromatic nitrogens is 1. The smallest absolute Gasteiger partial charge is 0.432 e. The number of fused-ring (bicyclic) bond motifs is 1. The molecule has 1 unspecified atom stereocenters. The van der Waals surface area contributed by atoms with Crippen LogP contribution < -0.4 is 10.9 Å². The summed E-state index contributed by atoms with van der Waals surface area (Å²) in [6, 6.07) is 10.8. The average molecular weight is 681 g/mol. The van der Waals surface area contributed by atoms with Gasteiger partial charge in [-0.25, -0.2) is 4.79 Å². The molecule has 1 aliphatic heterocycles. The second-order valence-corrected chi connectivity index (χ2v) is 10.7. The SMILES string of the molecule is COCCOCCOCCOCCOCCOC(=O)OCC1C[C@@H](c2ccc3cc(-c4ccccc4C(F)(F)F)[nH]c(=O)c3c2)C(=O)N1. The van der Waals surface area contributed by atoms with Gasteiger partial charge >= 0.3 is 12.3 Å². The number of hydrogen-bond acceptors (Lipinski definition) is 10. The summed E-state index contributed by atoms with van der Waals surface area (Å²) in [5.41, 5.74) is -1.00. The third-order valence-corrected chi connectivity index (χ3v) is 7.38. The lowest BCUT2D eigenvalue weighted by molar-refractivity contribution is -0.137. The number of ether oxygens (including phenoxy) is 7. The second-order valence-electron chi connectivity index (χ2n) is 10.7. The second kappa shape index (κ2) is 18.5. The van der Waals surface area contributed by atoms with Gasteiger partial charge in [0, 0.05) is 23.8 Å². The Bertz CT molecular complexity index is 1550. The number of benzene rings is 2. The van der Waals surface area contributed by atoms with E-state index in [1.807, 2.05) is 0 Å². The molecule has 1 aromatic heterocycles. The molecular formula is C33H39F3N2O10. The summed E-state index contributed by atoms with van der Waals surface area (Å²) in [5.74, 6) is -0.927. The molecule has 15 heteroatoms. The van der Waals surface area contributed by atoms with Gasteiger partial charge in [-0.15, -0.1) is 0 Å². The molecule has 0 radical (unpaired) electrons. The van der Waals surface area contributed by atoms with Gasteiger partial charge in [0.2, 0.25) is 5.91 Å². The summed E-state index contributed by atoms with van der Waals surface area (Å²) in [5, 5.41) is 3.43. The van der Waals surface area contributed by atoms with Crippen LogP contribution >= 0.6 is 0 Å². The van der Waals surface area contributed by atoms with Crippen molar-refractivity contribution in [3.8, 4) is 11.3 Å². The fourth-order valence-electron chi connectivity index (χ4n) is 5.05.